The summed E-state index contributed by atoms with van der Waals surface area (Å²) < 4.78 is 46.1. The highest BCUT2D eigenvalue weighted by atomic mass is 19.1. The van der Waals surface area contributed by atoms with E-state index in [4.69, 9.17) is 4.74 Å². The van der Waals surface area contributed by atoms with Gasteiger partial charge in [0.1, 0.15) is 35.6 Å². The van der Waals surface area contributed by atoms with Crippen molar-refractivity contribution in [2.24, 2.45) is 0 Å². The first kappa shape index (κ1) is 16.2. The van der Waals surface area contributed by atoms with Crippen molar-refractivity contribution in [3.8, 4) is 17.1 Å². The molecule has 0 amide bonds. The van der Waals surface area contributed by atoms with Crippen molar-refractivity contribution < 1.29 is 17.9 Å². The molecular formula is C20H13F3N2O. The first-order valence-electron chi connectivity index (χ1n) is 7.91. The number of aromatic amines is 1. The molecule has 1 aromatic heterocycles. The number of H-pyrrole nitrogens is 1. The molecule has 130 valence electrons. The van der Waals surface area contributed by atoms with Gasteiger partial charge in [0.25, 0.3) is 0 Å². The van der Waals surface area contributed by atoms with Crippen molar-refractivity contribution >= 4 is 11.0 Å². The molecule has 4 aromatic rings. The summed E-state index contributed by atoms with van der Waals surface area (Å²) in [5, 5.41) is 0. The van der Waals surface area contributed by atoms with Crippen LogP contribution in [0.15, 0.2) is 60.7 Å². The molecule has 0 atom stereocenters. The molecule has 0 radical (unpaired) electrons. The number of fused-ring (bicyclic) bond motifs is 1. The Morgan fingerprint density at radius 1 is 0.885 bits per heavy atom. The van der Waals surface area contributed by atoms with E-state index in [-0.39, 0.29) is 17.9 Å². The van der Waals surface area contributed by atoms with Crippen LogP contribution in [0.5, 0.6) is 5.75 Å². The van der Waals surface area contributed by atoms with E-state index in [1.807, 2.05) is 24.3 Å². The zero-order chi connectivity index (χ0) is 18.1. The maximum Gasteiger partial charge on any atom is 0.142 e. The third kappa shape index (κ3) is 3.13. The third-order valence-corrected chi connectivity index (χ3v) is 3.99. The van der Waals surface area contributed by atoms with E-state index in [0.29, 0.717) is 11.4 Å². The fraction of sp³-hybridized carbons (Fsp3) is 0.0500. The lowest BCUT2D eigenvalue weighted by atomic mass is 10.1. The van der Waals surface area contributed by atoms with Gasteiger partial charge in [-0.1, -0.05) is 12.1 Å². The largest absolute Gasteiger partial charge is 0.488 e. The van der Waals surface area contributed by atoms with Gasteiger partial charge in [0.15, 0.2) is 0 Å². The van der Waals surface area contributed by atoms with Crippen LogP contribution in [0.3, 0.4) is 0 Å². The summed E-state index contributed by atoms with van der Waals surface area (Å²) in [7, 11) is 0. The summed E-state index contributed by atoms with van der Waals surface area (Å²) in [6, 6.07) is 14.8. The highest BCUT2D eigenvalue weighted by Gasteiger charge is 2.13. The van der Waals surface area contributed by atoms with Crippen molar-refractivity contribution in [1.29, 1.82) is 0 Å². The van der Waals surface area contributed by atoms with Crippen LogP contribution in [0.25, 0.3) is 22.4 Å². The molecule has 0 aliphatic heterocycles. The van der Waals surface area contributed by atoms with Crippen molar-refractivity contribution in [1.82, 2.24) is 9.97 Å². The van der Waals surface area contributed by atoms with E-state index in [1.165, 1.54) is 18.2 Å². The number of hydrogen-bond donors (Lipinski definition) is 1. The van der Waals surface area contributed by atoms with Crippen LogP contribution in [0, 0.1) is 17.5 Å². The maximum atomic E-state index is 13.8. The second-order valence-corrected chi connectivity index (χ2v) is 5.77. The van der Waals surface area contributed by atoms with Crippen molar-refractivity contribution in [3.05, 3.63) is 83.7 Å². The number of para-hydroxylation sites is 2. The molecule has 3 nitrogen and oxygen atoms in total. The van der Waals surface area contributed by atoms with Gasteiger partial charge in [-0.15, -0.1) is 0 Å². The number of benzene rings is 3. The molecule has 0 aliphatic rings. The van der Waals surface area contributed by atoms with Gasteiger partial charge in [-0.2, -0.15) is 0 Å². The predicted octanol–water partition coefficient (Wildman–Crippen LogP) is 5.23. The highest BCUT2D eigenvalue weighted by molar-refractivity contribution is 5.80. The molecule has 0 saturated heterocycles. The number of ether oxygens (including phenoxy) is 1. The van der Waals surface area contributed by atoms with Crippen LogP contribution < -0.4 is 4.74 Å². The summed E-state index contributed by atoms with van der Waals surface area (Å²) in [5.74, 6) is -1.14. The first-order chi connectivity index (χ1) is 12.6. The Kier molecular flexibility index (Phi) is 4.08. The molecular weight excluding hydrogens is 341 g/mol. The Labute approximate surface area is 147 Å². The monoisotopic (exact) mass is 354 g/mol. The average molecular weight is 354 g/mol. The fourth-order valence-corrected chi connectivity index (χ4v) is 2.69. The summed E-state index contributed by atoms with van der Waals surface area (Å²) >= 11 is 0. The van der Waals surface area contributed by atoms with Crippen molar-refractivity contribution in [3.63, 3.8) is 0 Å². The molecule has 0 spiro atoms. The van der Waals surface area contributed by atoms with Crippen LogP contribution in [0.2, 0.25) is 0 Å². The molecule has 26 heavy (non-hydrogen) atoms. The minimum absolute atomic E-state index is 0.164. The smallest absolute Gasteiger partial charge is 0.142 e. The van der Waals surface area contributed by atoms with Crippen LogP contribution in [-0.4, -0.2) is 9.97 Å². The quantitative estimate of drug-likeness (QED) is 0.545. The molecule has 3 aromatic carbocycles. The SMILES string of the molecule is Fc1ccc(COc2cc(F)ccc2-c2nc3ccccc3[nH]2)c(F)c1. The number of imidazole rings is 1. The van der Waals surface area contributed by atoms with Gasteiger partial charge in [-0.25, -0.2) is 18.2 Å². The minimum Gasteiger partial charge on any atom is -0.488 e. The number of nitrogens with one attached hydrogen (secondary N) is 1. The molecule has 0 fully saturated rings. The minimum atomic E-state index is -0.716. The van der Waals surface area contributed by atoms with E-state index in [1.54, 1.807) is 6.07 Å². The van der Waals surface area contributed by atoms with E-state index in [2.05, 4.69) is 9.97 Å². The standard InChI is InChI=1S/C20H13F3N2O/c21-13-6-5-12(16(23)9-13)11-26-19-10-14(22)7-8-15(19)20-24-17-3-1-2-4-18(17)25-20/h1-10H,11H2,(H,24,25). The number of halogens is 3. The van der Waals surface area contributed by atoms with Gasteiger partial charge in [0, 0.05) is 17.7 Å². The molecule has 0 bridgehead atoms. The van der Waals surface area contributed by atoms with Crippen LogP contribution in [0.1, 0.15) is 5.56 Å². The third-order valence-electron chi connectivity index (χ3n) is 3.99. The first-order valence-corrected chi connectivity index (χ1v) is 7.91. The predicted molar refractivity (Wildman–Crippen MR) is 92.2 cm³/mol. The van der Waals surface area contributed by atoms with Gasteiger partial charge < -0.3 is 9.72 Å². The van der Waals surface area contributed by atoms with Gasteiger partial charge in [-0.3, -0.25) is 0 Å². The molecule has 4 rings (SSSR count). The molecule has 1 heterocycles. The Morgan fingerprint density at radius 3 is 2.46 bits per heavy atom. The average Bonchev–Trinajstić information content (AvgIpc) is 3.05. The molecule has 0 unspecified atom stereocenters. The Bertz CT molecular complexity index is 1060. The number of aromatic nitrogens is 2. The van der Waals surface area contributed by atoms with Crippen LogP contribution in [-0.2, 0) is 6.61 Å². The zero-order valence-corrected chi connectivity index (χ0v) is 13.5. The van der Waals surface area contributed by atoms with Gasteiger partial charge in [0.05, 0.1) is 16.6 Å². The molecule has 0 saturated carbocycles. The number of hydrogen-bond acceptors (Lipinski definition) is 2. The van der Waals surface area contributed by atoms with Crippen LogP contribution >= 0.6 is 0 Å². The molecule has 1 N–H and O–H groups in total. The lowest BCUT2D eigenvalue weighted by Crippen LogP contribution is -2.01. The van der Waals surface area contributed by atoms with Gasteiger partial charge in [0.2, 0.25) is 0 Å². The lowest BCUT2D eigenvalue weighted by Gasteiger charge is -2.11. The van der Waals surface area contributed by atoms with E-state index in [0.717, 1.165) is 23.2 Å². The summed E-state index contributed by atoms with van der Waals surface area (Å²) in [4.78, 5) is 7.63. The second-order valence-electron chi connectivity index (χ2n) is 5.77. The zero-order valence-electron chi connectivity index (χ0n) is 13.5. The fourth-order valence-electron chi connectivity index (χ4n) is 2.69. The highest BCUT2D eigenvalue weighted by Crippen LogP contribution is 2.31. The number of rotatable bonds is 4. The van der Waals surface area contributed by atoms with Gasteiger partial charge in [-0.05, 0) is 36.4 Å². The Hall–Kier alpha value is -3.28. The normalized spacial score (nSPS) is 11.0. The summed E-state index contributed by atoms with van der Waals surface area (Å²) in [5.41, 5.74) is 2.32. The topological polar surface area (TPSA) is 37.9 Å². The lowest BCUT2D eigenvalue weighted by molar-refractivity contribution is 0.299. The van der Waals surface area contributed by atoms with Crippen molar-refractivity contribution in [2.45, 2.75) is 6.61 Å². The second kappa shape index (κ2) is 6.55. The van der Waals surface area contributed by atoms with Crippen molar-refractivity contribution in [2.75, 3.05) is 0 Å². The summed E-state index contributed by atoms with van der Waals surface area (Å²) in [6.45, 7) is -0.164. The number of nitrogens with zero attached hydrogens (tertiary/aromatic N) is 1. The van der Waals surface area contributed by atoms with E-state index < -0.39 is 17.5 Å². The van der Waals surface area contributed by atoms with Gasteiger partial charge >= 0.3 is 0 Å². The van der Waals surface area contributed by atoms with Crippen LogP contribution in [0.4, 0.5) is 13.2 Å². The maximum absolute atomic E-state index is 13.8. The Balaban J connectivity index is 1.68. The summed E-state index contributed by atoms with van der Waals surface area (Å²) in [6.07, 6.45) is 0. The molecule has 0 aliphatic carbocycles. The van der Waals surface area contributed by atoms with E-state index in [9.17, 15) is 13.2 Å². The van der Waals surface area contributed by atoms with E-state index >= 15 is 0 Å². The Morgan fingerprint density at radius 2 is 1.65 bits per heavy atom. The molecule has 6 heteroatoms.